The summed E-state index contributed by atoms with van der Waals surface area (Å²) >= 11 is 6.19. The zero-order valence-electron chi connectivity index (χ0n) is 18.2. The van der Waals surface area contributed by atoms with Gasteiger partial charge in [-0.05, 0) is 56.7 Å². The number of halogens is 1. The number of hydrogen-bond acceptors (Lipinski definition) is 4. The Morgan fingerprint density at radius 2 is 1.84 bits per heavy atom. The lowest BCUT2D eigenvalue weighted by atomic mass is 10.2. The third-order valence-corrected chi connectivity index (χ3v) is 5.57. The summed E-state index contributed by atoms with van der Waals surface area (Å²) < 4.78 is 13.3. The fourth-order valence-corrected chi connectivity index (χ4v) is 3.80. The lowest BCUT2D eigenvalue weighted by molar-refractivity contribution is 0.0919. The minimum atomic E-state index is -0.295. The van der Waals surface area contributed by atoms with E-state index in [4.69, 9.17) is 20.8 Å². The van der Waals surface area contributed by atoms with Gasteiger partial charge in [0.1, 0.15) is 18.1 Å². The van der Waals surface area contributed by atoms with Crippen molar-refractivity contribution in [3.05, 3.63) is 99.7 Å². The van der Waals surface area contributed by atoms with Crippen molar-refractivity contribution in [3.63, 3.8) is 0 Å². The van der Waals surface area contributed by atoms with Gasteiger partial charge < -0.3 is 14.5 Å². The monoisotopic (exact) mass is 449 g/mol. The molecule has 0 saturated carbocycles. The summed E-state index contributed by atoms with van der Waals surface area (Å²) in [4.78, 5) is 12.6. The summed E-state index contributed by atoms with van der Waals surface area (Å²) in [5.41, 5.74) is 4.75. The molecule has 0 bridgehead atoms. The number of aryl methyl sites for hydroxylation is 2. The lowest BCUT2D eigenvalue weighted by Gasteiger charge is -2.09. The Morgan fingerprint density at radius 1 is 1.06 bits per heavy atom. The topological polar surface area (TPSA) is 69.3 Å². The largest absolute Gasteiger partial charge is 0.484 e. The van der Waals surface area contributed by atoms with E-state index in [1.165, 1.54) is 0 Å². The number of para-hydroxylation sites is 2. The van der Waals surface area contributed by atoms with Gasteiger partial charge in [-0.3, -0.25) is 4.79 Å². The van der Waals surface area contributed by atoms with Crippen molar-refractivity contribution in [2.75, 3.05) is 0 Å². The molecule has 6 nitrogen and oxygen atoms in total. The van der Waals surface area contributed by atoms with Crippen molar-refractivity contribution in [3.8, 4) is 11.4 Å². The summed E-state index contributed by atoms with van der Waals surface area (Å²) in [6.45, 7) is 6.39. The van der Waals surface area contributed by atoms with Crippen LogP contribution in [0.3, 0.4) is 0 Å². The quantitative estimate of drug-likeness (QED) is 0.401. The van der Waals surface area contributed by atoms with E-state index in [0.29, 0.717) is 23.1 Å². The fourth-order valence-electron chi connectivity index (χ4n) is 3.53. The maximum Gasteiger partial charge on any atom is 0.287 e. The van der Waals surface area contributed by atoms with Crippen molar-refractivity contribution in [2.24, 2.45) is 0 Å². The first kappa shape index (κ1) is 21.7. The molecule has 4 rings (SSSR count). The van der Waals surface area contributed by atoms with E-state index in [-0.39, 0.29) is 18.3 Å². The van der Waals surface area contributed by atoms with Gasteiger partial charge in [0.15, 0.2) is 5.76 Å². The first-order chi connectivity index (χ1) is 15.4. The molecule has 164 valence electrons. The van der Waals surface area contributed by atoms with Crippen LogP contribution in [0.4, 0.5) is 0 Å². The van der Waals surface area contributed by atoms with Crippen LogP contribution in [0.1, 0.15) is 38.8 Å². The van der Waals surface area contributed by atoms with E-state index in [0.717, 1.165) is 28.2 Å². The van der Waals surface area contributed by atoms with Crippen molar-refractivity contribution < 1.29 is 13.9 Å². The molecule has 7 heteroatoms. The molecule has 32 heavy (non-hydrogen) atoms. The summed E-state index contributed by atoms with van der Waals surface area (Å²) in [5, 5.41) is 8.07. The molecule has 0 aliphatic rings. The van der Waals surface area contributed by atoms with E-state index < -0.39 is 0 Å². The van der Waals surface area contributed by atoms with Gasteiger partial charge in [0.05, 0.1) is 16.4 Å². The van der Waals surface area contributed by atoms with Crippen LogP contribution >= 0.6 is 11.6 Å². The third kappa shape index (κ3) is 4.55. The van der Waals surface area contributed by atoms with Crippen LogP contribution in [-0.4, -0.2) is 15.7 Å². The Kier molecular flexibility index (Phi) is 6.32. The zero-order valence-corrected chi connectivity index (χ0v) is 18.9. The maximum atomic E-state index is 12.6. The van der Waals surface area contributed by atoms with E-state index in [1.807, 2.05) is 67.9 Å². The van der Waals surface area contributed by atoms with Crippen LogP contribution in [0.25, 0.3) is 5.69 Å². The molecule has 0 fully saturated rings. The summed E-state index contributed by atoms with van der Waals surface area (Å²) in [5.74, 6) is 1.08. The van der Waals surface area contributed by atoms with E-state index in [9.17, 15) is 4.79 Å². The second-order valence-electron chi connectivity index (χ2n) is 7.52. The normalized spacial score (nSPS) is 10.9. The lowest BCUT2D eigenvalue weighted by Crippen LogP contribution is -2.23. The Morgan fingerprint density at radius 3 is 2.59 bits per heavy atom. The van der Waals surface area contributed by atoms with Crippen LogP contribution in [-0.2, 0) is 13.2 Å². The Labute approximate surface area is 191 Å². The van der Waals surface area contributed by atoms with Crippen LogP contribution in [0.5, 0.6) is 5.75 Å². The molecule has 0 aliphatic heterocycles. The molecule has 2 aromatic carbocycles. The molecule has 0 atom stereocenters. The van der Waals surface area contributed by atoms with Crippen LogP contribution in [0.15, 0.2) is 65.1 Å². The van der Waals surface area contributed by atoms with Crippen molar-refractivity contribution >= 4 is 17.5 Å². The van der Waals surface area contributed by atoms with Crippen LogP contribution in [0.2, 0.25) is 5.02 Å². The number of benzene rings is 2. The molecule has 0 spiro atoms. The number of furan rings is 1. The summed E-state index contributed by atoms with van der Waals surface area (Å²) in [7, 11) is 0. The first-order valence-electron chi connectivity index (χ1n) is 10.3. The standard InChI is InChI=1S/C25H24ClN3O3/c1-16-8-7-11-22(26)24(16)31-15-20-12-13-23(32-20)25(30)27-14-21-17(2)28-29(18(21)3)19-9-5-4-6-10-19/h4-13H,14-15H2,1-3H3,(H,27,30). The molecule has 2 aromatic heterocycles. The van der Waals surface area contributed by atoms with Gasteiger partial charge >= 0.3 is 0 Å². The Bertz CT molecular complexity index is 1220. The number of amides is 1. The van der Waals surface area contributed by atoms with Gasteiger partial charge in [0.25, 0.3) is 5.91 Å². The van der Waals surface area contributed by atoms with Gasteiger partial charge in [-0.2, -0.15) is 5.10 Å². The van der Waals surface area contributed by atoms with E-state index in [2.05, 4.69) is 10.4 Å². The Hall–Kier alpha value is -3.51. The number of rotatable bonds is 7. The zero-order chi connectivity index (χ0) is 22.7. The number of carbonyl (C=O) groups excluding carboxylic acids is 1. The molecule has 0 unspecified atom stereocenters. The predicted molar refractivity (Wildman–Crippen MR) is 123 cm³/mol. The van der Waals surface area contributed by atoms with Gasteiger partial charge in [-0.25, -0.2) is 4.68 Å². The highest BCUT2D eigenvalue weighted by molar-refractivity contribution is 6.32. The predicted octanol–water partition coefficient (Wildman–Crippen LogP) is 5.55. The highest BCUT2D eigenvalue weighted by Gasteiger charge is 2.16. The van der Waals surface area contributed by atoms with Crippen LogP contribution < -0.4 is 10.1 Å². The molecule has 4 aromatic rings. The maximum absolute atomic E-state index is 12.6. The third-order valence-electron chi connectivity index (χ3n) is 5.28. The van der Waals surface area contributed by atoms with Gasteiger partial charge in [0.2, 0.25) is 0 Å². The van der Waals surface area contributed by atoms with Gasteiger partial charge in [-0.1, -0.05) is 41.9 Å². The molecule has 1 amide bonds. The molecule has 1 N–H and O–H groups in total. The number of hydrogen-bond donors (Lipinski definition) is 1. The summed E-state index contributed by atoms with van der Waals surface area (Å²) in [6, 6.07) is 18.8. The number of nitrogens with zero attached hydrogens (tertiary/aromatic N) is 2. The minimum absolute atomic E-state index is 0.180. The molecule has 2 heterocycles. The highest BCUT2D eigenvalue weighted by Crippen LogP contribution is 2.28. The summed E-state index contributed by atoms with van der Waals surface area (Å²) in [6.07, 6.45) is 0. The number of carbonyl (C=O) groups is 1. The average Bonchev–Trinajstić information content (AvgIpc) is 3.37. The number of ether oxygens (including phenoxy) is 1. The van der Waals surface area contributed by atoms with E-state index >= 15 is 0 Å². The molecule has 0 aliphatic carbocycles. The van der Waals surface area contributed by atoms with Crippen molar-refractivity contribution in [2.45, 2.75) is 33.9 Å². The minimum Gasteiger partial charge on any atom is -0.484 e. The second kappa shape index (κ2) is 9.32. The molecule has 0 saturated heterocycles. The average molecular weight is 450 g/mol. The van der Waals surface area contributed by atoms with Crippen molar-refractivity contribution in [1.29, 1.82) is 0 Å². The van der Waals surface area contributed by atoms with Crippen molar-refractivity contribution in [1.82, 2.24) is 15.1 Å². The van der Waals surface area contributed by atoms with E-state index in [1.54, 1.807) is 18.2 Å². The molecular formula is C25H24ClN3O3. The van der Waals surface area contributed by atoms with Crippen LogP contribution in [0, 0.1) is 20.8 Å². The highest BCUT2D eigenvalue weighted by atomic mass is 35.5. The Balaban J connectivity index is 1.39. The molecular weight excluding hydrogens is 426 g/mol. The smallest absolute Gasteiger partial charge is 0.287 e. The SMILES string of the molecule is Cc1cccc(Cl)c1OCc1ccc(C(=O)NCc2c(C)nn(-c3ccccc3)c2C)o1. The van der Waals surface area contributed by atoms with Gasteiger partial charge in [-0.15, -0.1) is 0 Å². The first-order valence-corrected chi connectivity index (χ1v) is 10.7. The van der Waals surface area contributed by atoms with Gasteiger partial charge in [0, 0.05) is 17.8 Å². The molecule has 0 radical (unpaired) electrons. The number of aromatic nitrogens is 2. The second-order valence-corrected chi connectivity index (χ2v) is 7.93. The fraction of sp³-hybridized carbons (Fsp3) is 0.200. The number of nitrogens with one attached hydrogen (secondary N) is 1.